The van der Waals surface area contributed by atoms with Gasteiger partial charge in [0, 0.05) is 25.3 Å². The van der Waals surface area contributed by atoms with Gasteiger partial charge in [-0.25, -0.2) is 0 Å². The summed E-state index contributed by atoms with van der Waals surface area (Å²) >= 11 is 0. The minimum atomic E-state index is -1.21. The number of esters is 1. The molecule has 2 N–H and O–H groups in total. The molecule has 0 aromatic heterocycles. The van der Waals surface area contributed by atoms with Gasteiger partial charge in [0.2, 0.25) is 5.91 Å². The molecule has 2 aliphatic carbocycles. The molecule has 0 unspecified atom stereocenters. The third-order valence-electron chi connectivity index (χ3n) is 6.52. The highest BCUT2D eigenvalue weighted by atomic mass is 16.5. The maximum atomic E-state index is 12.9. The average molecular weight is 398 g/mol. The summed E-state index contributed by atoms with van der Waals surface area (Å²) in [6, 6.07) is 9.82. The second kappa shape index (κ2) is 8.70. The van der Waals surface area contributed by atoms with Crippen LogP contribution in [0.4, 0.5) is 0 Å². The molecule has 0 aliphatic heterocycles. The molecule has 6 atom stereocenters. The van der Waals surface area contributed by atoms with Crippen molar-refractivity contribution in [3.8, 4) is 0 Å². The number of aliphatic hydroxyl groups is 1. The first-order valence-corrected chi connectivity index (χ1v) is 10.4. The Bertz CT molecular complexity index is 774. The topological polar surface area (TPSA) is 75.6 Å². The zero-order chi connectivity index (χ0) is 21.2. The van der Waals surface area contributed by atoms with Gasteiger partial charge in [-0.15, -0.1) is 0 Å². The molecule has 0 saturated heterocycles. The molecule has 0 heterocycles. The zero-order valence-corrected chi connectivity index (χ0v) is 17.6. The highest BCUT2D eigenvalue weighted by Crippen LogP contribution is 2.50. The fourth-order valence-corrected chi connectivity index (χ4v) is 4.67. The molecule has 2 aliphatic rings. The van der Waals surface area contributed by atoms with E-state index >= 15 is 0 Å². The van der Waals surface area contributed by atoms with E-state index in [9.17, 15) is 14.7 Å². The van der Waals surface area contributed by atoms with Crippen molar-refractivity contribution in [3.63, 3.8) is 0 Å². The summed E-state index contributed by atoms with van der Waals surface area (Å²) in [5, 5.41) is 14.5. The van der Waals surface area contributed by atoms with Crippen molar-refractivity contribution in [2.24, 2.45) is 23.7 Å². The van der Waals surface area contributed by atoms with Gasteiger partial charge >= 0.3 is 5.97 Å². The van der Waals surface area contributed by atoms with E-state index in [1.54, 1.807) is 0 Å². The molecule has 5 nitrogen and oxygen atoms in total. The number of nitrogens with one attached hydrogen (secondary N) is 1. The van der Waals surface area contributed by atoms with Crippen LogP contribution in [0, 0.1) is 30.1 Å². The highest BCUT2D eigenvalue weighted by molar-refractivity contribution is 5.78. The molecule has 0 spiro atoms. The number of benzene rings is 1. The van der Waals surface area contributed by atoms with Crippen LogP contribution in [-0.4, -0.2) is 28.7 Å². The first-order valence-electron chi connectivity index (χ1n) is 10.4. The Labute approximate surface area is 173 Å². The minimum Gasteiger partial charge on any atom is -0.457 e. The number of rotatable bonds is 5. The van der Waals surface area contributed by atoms with E-state index in [0.717, 1.165) is 24.0 Å². The van der Waals surface area contributed by atoms with Crippen LogP contribution < -0.4 is 5.32 Å². The van der Waals surface area contributed by atoms with Gasteiger partial charge in [0.25, 0.3) is 0 Å². The number of hydrogen-bond acceptors (Lipinski definition) is 4. The van der Waals surface area contributed by atoms with Crippen LogP contribution in [0.1, 0.15) is 46.1 Å². The minimum absolute atomic E-state index is 0.00676. The second-order valence-electron chi connectivity index (χ2n) is 8.53. The van der Waals surface area contributed by atoms with Crippen molar-refractivity contribution in [2.45, 2.75) is 58.8 Å². The zero-order valence-electron chi connectivity index (χ0n) is 17.6. The van der Waals surface area contributed by atoms with Gasteiger partial charge in [-0.2, -0.15) is 0 Å². The van der Waals surface area contributed by atoms with Crippen molar-refractivity contribution >= 4 is 11.9 Å². The van der Waals surface area contributed by atoms with Crippen molar-refractivity contribution < 1.29 is 19.4 Å². The van der Waals surface area contributed by atoms with Gasteiger partial charge in [-0.3, -0.25) is 9.59 Å². The molecule has 1 amide bonds. The van der Waals surface area contributed by atoms with Gasteiger partial charge in [0.05, 0.1) is 12.0 Å². The summed E-state index contributed by atoms with van der Waals surface area (Å²) in [6.45, 7) is 7.66. The SMILES string of the molecule is CC(=O)O[C@@H]1[C][C@@]2(O)[C@H](C)CC[C@@H]([C@H](C)C(=O)NCc3ccccc3)[C@H]2C=C1C. The second-order valence-corrected chi connectivity index (χ2v) is 8.53. The fraction of sp³-hybridized carbons (Fsp3) is 0.542. The van der Waals surface area contributed by atoms with Crippen LogP contribution in [0.25, 0.3) is 0 Å². The Balaban J connectivity index is 1.76. The lowest BCUT2D eigenvalue weighted by atomic mass is 9.57. The van der Waals surface area contributed by atoms with Gasteiger partial charge in [-0.05, 0) is 42.7 Å². The molecule has 1 fully saturated rings. The van der Waals surface area contributed by atoms with E-state index in [2.05, 4.69) is 11.7 Å². The van der Waals surface area contributed by atoms with Gasteiger partial charge in [0.1, 0.15) is 6.10 Å². The van der Waals surface area contributed by atoms with E-state index in [4.69, 9.17) is 4.74 Å². The Morgan fingerprint density at radius 2 is 2.00 bits per heavy atom. The molecule has 1 saturated carbocycles. The molecule has 2 radical (unpaired) electrons. The van der Waals surface area contributed by atoms with Gasteiger partial charge < -0.3 is 15.2 Å². The van der Waals surface area contributed by atoms with Crippen molar-refractivity contribution in [1.82, 2.24) is 5.32 Å². The van der Waals surface area contributed by atoms with Crippen LogP contribution in [0.2, 0.25) is 0 Å². The summed E-state index contributed by atoms with van der Waals surface area (Å²) in [5.41, 5.74) is 0.697. The number of carbonyl (C=O) groups excluding carboxylic acids is 2. The summed E-state index contributed by atoms with van der Waals surface area (Å²) in [4.78, 5) is 24.3. The fourth-order valence-electron chi connectivity index (χ4n) is 4.67. The summed E-state index contributed by atoms with van der Waals surface area (Å²) in [5.74, 6) is -0.914. The van der Waals surface area contributed by atoms with Gasteiger partial charge in [0.15, 0.2) is 0 Å². The smallest absolute Gasteiger partial charge is 0.303 e. The summed E-state index contributed by atoms with van der Waals surface area (Å²) < 4.78 is 5.34. The van der Waals surface area contributed by atoms with Crippen LogP contribution in [0.15, 0.2) is 42.0 Å². The molecular weight excluding hydrogens is 366 g/mol. The third kappa shape index (κ3) is 4.55. The van der Waals surface area contributed by atoms with Crippen molar-refractivity contribution in [1.29, 1.82) is 0 Å². The Kier molecular flexibility index (Phi) is 6.47. The molecule has 5 heteroatoms. The third-order valence-corrected chi connectivity index (χ3v) is 6.52. The van der Waals surface area contributed by atoms with Crippen LogP contribution >= 0.6 is 0 Å². The number of amides is 1. The highest BCUT2D eigenvalue weighted by Gasteiger charge is 2.54. The lowest BCUT2D eigenvalue weighted by Gasteiger charge is -2.52. The predicted octanol–water partition coefficient (Wildman–Crippen LogP) is 3.31. The van der Waals surface area contributed by atoms with Gasteiger partial charge in [-0.1, -0.05) is 50.3 Å². The van der Waals surface area contributed by atoms with E-state index in [1.807, 2.05) is 57.2 Å². The summed E-state index contributed by atoms with van der Waals surface area (Å²) in [6.07, 6.45) is 6.16. The molecule has 3 rings (SSSR count). The van der Waals surface area contributed by atoms with Crippen LogP contribution in [0.3, 0.4) is 0 Å². The number of carbonyl (C=O) groups is 2. The molecule has 1 aromatic carbocycles. The van der Waals surface area contributed by atoms with E-state index in [1.165, 1.54) is 6.92 Å². The monoisotopic (exact) mass is 397 g/mol. The average Bonchev–Trinajstić information content (AvgIpc) is 2.68. The Morgan fingerprint density at radius 1 is 1.31 bits per heavy atom. The van der Waals surface area contributed by atoms with Crippen molar-refractivity contribution in [2.75, 3.05) is 0 Å². The molecule has 29 heavy (non-hydrogen) atoms. The first kappa shape index (κ1) is 21.6. The molecular formula is C24H31NO4. The number of ether oxygens (including phenoxy) is 1. The van der Waals surface area contributed by atoms with E-state index < -0.39 is 17.7 Å². The Morgan fingerprint density at radius 3 is 2.66 bits per heavy atom. The quantitative estimate of drug-likeness (QED) is 0.590. The molecule has 1 aromatic rings. The molecule has 0 bridgehead atoms. The summed E-state index contributed by atoms with van der Waals surface area (Å²) in [7, 11) is 0. The van der Waals surface area contributed by atoms with Crippen LogP contribution in [-0.2, 0) is 20.9 Å². The normalized spacial score (nSPS) is 32.5. The largest absolute Gasteiger partial charge is 0.457 e. The Hall–Kier alpha value is -2.14. The lowest BCUT2D eigenvalue weighted by molar-refractivity contribution is -0.148. The lowest BCUT2D eigenvalue weighted by Crippen LogP contribution is -2.57. The number of hydrogen-bond donors (Lipinski definition) is 2. The standard InChI is InChI=1S/C24H31NO4/c1-15-12-21-20(17(3)23(27)25-14-19-8-6-5-7-9-19)11-10-16(2)24(21,28)13-22(15)29-18(4)26/h5-9,12,16-17,20-22,28H,10-11,14H2,1-4H3,(H,25,27)/t16-,17+,20+,21-,22-,24-/m1/s1. The van der Waals surface area contributed by atoms with E-state index in [-0.39, 0.29) is 29.6 Å². The van der Waals surface area contributed by atoms with Crippen molar-refractivity contribution in [3.05, 3.63) is 54.0 Å². The van der Waals surface area contributed by atoms with E-state index in [0.29, 0.717) is 6.54 Å². The maximum absolute atomic E-state index is 12.9. The first-order chi connectivity index (χ1) is 13.7. The maximum Gasteiger partial charge on any atom is 0.303 e. The van der Waals surface area contributed by atoms with Crippen LogP contribution in [0.5, 0.6) is 0 Å². The molecule has 156 valence electrons. The number of fused-ring (bicyclic) bond motifs is 1. The predicted molar refractivity (Wildman–Crippen MR) is 110 cm³/mol.